The van der Waals surface area contributed by atoms with Gasteiger partial charge in [-0.2, -0.15) is 0 Å². The number of carbonyl (C=O) groups excluding carboxylic acids is 1. The number of aliphatic hydroxyl groups is 1. The average Bonchev–Trinajstić information content (AvgIpc) is 2.67. The van der Waals surface area contributed by atoms with Crippen LogP contribution in [0.3, 0.4) is 0 Å². The zero-order valence-electron chi connectivity index (χ0n) is 15.6. The Hall–Kier alpha value is -2.24. The summed E-state index contributed by atoms with van der Waals surface area (Å²) in [5.74, 6) is 0.0432. The zero-order valence-corrected chi connectivity index (χ0v) is 15.6. The van der Waals surface area contributed by atoms with Crippen molar-refractivity contribution in [1.29, 1.82) is 0 Å². The van der Waals surface area contributed by atoms with Crippen molar-refractivity contribution in [2.75, 3.05) is 20.2 Å². The van der Waals surface area contributed by atoms with Crippen molar-refractivity contribution < 1.29 is 14.6 Å². The van der Waals surface area contributed by atoms with Gasteiger partial charge in [0.1, 0.15) is 0 Å². The van der Waals surface area contributed by atoms with Crippen molar-refractivity contribution >= 4 is 5.91 Å². The molecule has 1 atom stereocenters. The number of carbonyl (C=O) groups is 1. The fourth-order valence-electron chi connectivity index (χ4n) is 3.24. The molecule has 0 bridgehead atoms. The van der Waals surface area contributed by atoms with Crippen LogP contribution in [0.1, 0.15) is 42.6 Å². The first kappa shape index (κ1) is 18.5. The highest BCUT2D eigenvalue weighted by Crippen LogP contribution is 2.26. The Labute approximate surface area is 154 Å². The van der Waals surface area contributed by atoms with Crippen LogP contribution in [0.15, 0.2) is 42.7 Å². The molecule has 1 aliphatic heterocycles. The molecule has 0 aliphatic carbocycles. The van der Waals surface area contributed by atoms with E-state index in [0.717, 1.165) is 36.1 Å². The largest absolute Gasteiger partial charge is 0.386 e. The van der Waals surface area contributed by atoms with Crippen molar-refractivity contribution in [1.82, 2.24) is 9.88 Å². The van der Waals surface area contributed by atoms with E-state index in [1.54, 1.807) is 33.4 Å². The van der Waals surface area contributed by atoms with E-state index in [9.17, 15) is 9.90 Å². The Bertz CT molecular complexity index is 766. The van der Waals surface area contributed by atoms with Crippen LogP contribution >= 0.6 is 0 Å². The third-order valence-electron chi connectivity index (χ3n) is 4.91. The predicted molar refractivity (Wildman–Crippen MR) is 101 cm³/mol. The molecule has 3 rings (SSSR count). The molecular formula is C21H26N2O3. The number of rotatable bonds is 4. The fourth-order valence-corrected chi connectivity index (χ4v) is 3.24. The molecule has 1 aromatic heterocycles. The van der Waals surface area contributed by atoms with Crippen LogP contribution in [0.25, 0.3) is 11.1 Å². The second kappa shape index (κ2) is 7.56. The third kappa shape index (κ3) is 4.11. The van der Waals surface area contributed by atoms with Crippen molar-refractivity contribution in [2.24, 2.45) is 0 Å². The summed E-state index contributed by atoms with van der Waals surface area (Å²) in [4.78, 5) is 18.8. The van der Waals surface area contributed by atoms with E-state index in [0.29, 0.717) is 12.1 Å². The van der Waals surface area contributed by atoms with Gasteiger partial charge in [-0.05, 0) is 50.5 Å². The number of amides is 1. The molecule has 0 unspecified atom stereocenters. The quantitative estimate of drug-likeness (QED) is 0.916. The van der Waals surface area contributed by atoms with Crippen LogP contribution in [0, 0.1) is 0 Å². The van der Waals surface area contributed by atoms with E-state index in [1.165, 1.54) is 0 Å². The minimum absolute atomic E-state index is 0.0432. The molecular weight excluding hydrogens is 328 g/mol. The Morgan fingerprint density at radius 1 is 1.23 bits per heavy atom. The van der Waals surface area contributed by atoms with Crippen LogP contribution in [-0.2, 0) is 10.3 Å². The summed E-state index contributed by atoms with van der Waals surface area (Å²) in [5, 5.41) is 10.2. The summed E-state index contributed by atoms with van der Waals surface area (Å²) >= 11 is 0. The molecule has 1 N–H and O–H groups in total. The number of hydrogen-bond acceptors (Lipinski definition) is 4. The SMILES string of the molecule is CO[C@@H]1CCCN(C(=O)c2ccc(-c3cncc(C(C)(C)O)c3)cc2)C1. The lowest BCUT2D eigenvalue weighted by Gasteiger charge is -2.32. The highest BCUT2D eigenvalue weighted by molar-refractivity contribution is 5.94. The number of benzene rings is 1. The molecule has 1 saturated heterocycles. The predicted octanol–water partition coefficient (Wildman–Crippen LogP) is 3.23. The number of methoxy groups -OCH3 is 1. The molecule has 5 heteroatoms. The third-order valence-corrected chi connectivity index (χ3v) is 4.91. The minimum Gasteiger partial charge on any atom is -0.386 e. The molecule has 1 aromatic carbocycles. The van der Waals surface area contributed by atoms with Crippen LogP contribution in [0.2, 0.25) is 0 Å². The summed E-state index contributed by atoms with van der Waals surface area (Å²) in [6.45, 7) is 4.90. The van der Waals surface area contributed by atoms with E-state index in [1.807, 2.05) is 35.2 Å². The first-order valence-corrected chi connectivity index (χ1v) is 8.99. The average molecular weight is 354 g/mol. The lowest BCUT2D eigenvalue weighted by atomic mass is 9.96. The first-order chi connectivity index (χ1) is 12.4. The first-order valence-electron chi connectivity index (χ1n) is 8.99. The Kier molecular flexibility index (Phi) is 5.39. The number of ether oxygens (including phenoxy) is 1. The molecule has 1 aliphatic rings. The fraction of sp³-hybridized carbons (Fsp3) is 0.429. The number of hydrogen-bond donors (Lipinski definition) is 1. The molecule has 1 fully saturated rings. The summed E-state index contributed by atoms with van der Waals surface area (Å²) in [6, 6.07) is 9.49. The molecule has 0 radical (unpaired) electrons. The van der Waals surface area contributed by atoms with Gasteiger partial charge in [-0.25, -0.2) is 0 Å². The van der Waals surface area contributed by atoms with E-state index in [-0.39, 0.29) is 12.0 Å². The van der Waals surface area contributed by atoms with Gasteiger partial charge in [-0.15, -0.1) is 0 Å². The van der Waals surface area contributed by atoms with Crippen molar-refractivity contribution in [3.8, 4) is 11.1 Å². The molecule has 26 heavy (non-hydrogen) atoms. The van der Waals surface area contributed by atoms with Gasteiger partial charge >= 0.3 is 0 Å². The summed E-state index contributed by atoms with van der Waals surface area (Å²) in [6.07, 6.45) is 5.54. The van der Waals surface area contributed by atoms with Gasteiger partial charge in [0.05, 0.1) is 11.7 Å². The van der Waals surface area contributed by atoms with Gasteiger partial charge in [0.25, 0.3) is 5.91 Å². The van der Waals surface area contributed by atoms with Crippen molar-refractivity contribution in [3.63, 3.8) is 0 Å². The Morgan fingerprint density at radius 3 is 2.62 bits per heavy atom. The molecule has 2 heterocycles. The number of pyridine rings is 1. The normalized spacial score (nSPS) is 18.0. The van der Waals surface area contributed by atoms with Gasteiger partial charge in [0, 0.05) is 49.3 Å². The number of nitrogens with zero attached hydrogens (tertiary/aromatic N) is 2. The van der Waals surface area contributed by atoms with E-state index >= 15 is 0 Å². The van der Waals surface area contributed by atoms with E-state index in [2.05, 4.69) is 4.98 Å². The van der Waals surface area contributed by atoms with Crippen molar-refractivity contribution in [3.05, 3.63) is 53.9 Å². The van der Waals surface area contributed by atoms with Gasteiger partial charge in [0.2, 0.25) is 0 Å². The lowest BCUT2D eigenvalue weighted by Crippen LogP contribution is -2.42. The maximum Gasteiger partial charge on any atom is 0.253 e. The Morgan fingerprint density at radius 2 is 1.96 bits per heavy atom. The summed E-state index contributed by atoms with van der Waals surface area (Å²) in [5.41, 5.74) is 2.38. The molecule has 2 aromatic rings. The van der Waals surface area contributed by atoms with Gasteiger partial charge < -0.3 is 14.7 Å². The molecule has 5 nitrogen and oxygen atoms in total. The monoisotopic (exact) mass is 354 g/mol. The lowest BCUT2D eigenvalue weighted by molar-refractivity contribution is 0.0269. The van der Waals surface area contributed by atoms with E-state index < -0.39 is 5.60 Å². The summed E-state index contributed by atoms with van der Waals surface area (Å²) < 4.78 is 5.40. The highest BCUT2D eigenvalue weighted by Gasteiger charge is 2.24. The standard InChI is InChI=1S/C21H26N2O3/c1-21(2,25)18-11-17(12-22-13-18)15-6-8-16(9-7-15)20(24)23-10-4-5-19(14-23)26-3/h6-9,11-13,19,25H,4-5,10,14H2,1-3H3/t19-/m1/s1. The van der Waals surface area contributed by atoms with Crippen LogP contribution in [0.4, 0.5) is 0 Å². The second-order valence-electron chi connectivity index (χ2n) is 7.35. The van der Waals surface area contributed by atoms with Gasteiger partial charge in [-0.3, -0.25) is 9.78 Å². The molecule has 0 spiro atoms. The molecule has 138 valence electrons. The van der Waals surface area contributed by atoms with Crippen molar-refractivity contribution in [2.45, 2.75) is 38.4 Å². The highest BCUT2D eigenvalue weighted by atomic mass is 16.5. The van der Waals surface area contributed by atoms with Crippen LogP contribution in [-0.4, -0.2) is 47.2 Å². The Balaban J connectivity index is 1.77. The molecule has 1 amide bonds. The smallest absolute Gasteiger partial charge is 0.253 e. The van der Waals surface area contributed by atoms with E-state index in [4.69, 9.17) is 4.74 Å². The minimum atomic E-state index is -0.939. The van der Waals surface area contributed by atoms with Crippen LogP contribution < -0.4 is 0 Å². The maximum absolute atomic E-state index is 12.7. The summed E-state index contributed by atoms with van der Waals surface area (Å²) in [7, 11) is 1.70. The molecule has 0 saturated carbocycles. The van der Waals surface area contributed by atoms with Gasteiger partial charge in [0.15, 0.2) is 0 Å². The maximum atomic E-state index is 12.7. The van der Waals surface area contributed by atoms with Crippen LogP contribution in [0.5, 0.6) is 0 Å². The second-order valence-corrected chi connectivity index (χ2v) is 7.35. The topological polar surface area (TPSA) is 62.7 Å². The zero-order chi connectivity index (χ0) is 18.7. The number of piperidine rings is 1. The van der Waals surface area contributed by atoms with Gasteiger partial charge in [-0.1, -0.05) is 12.1 Å². The number of aromatic nitrogens is 1. The number of likely N-dealkylation sites (tertiary alicyclic amines) is 1.